The number of hydrogen-bond donors (Lipinski definition) is 0. The van der Waals surface area contributed by atoms with Gasteiger partial charge in [0.05, 0.1) is 0 Å². The SMILES string of the molecule is CC1=CCC2=C(CCCC2=O)OC1C. The maximum atomic E-state index is 11.6. The van der Waals surface area contributed by atoms with E-state index in [2.05, 4.69) is 13.0 Å². The molecule has 0 aromatic rings. The van der Waals surface area contributed by atoms with Crippen LogP contribution in [0.2, 0.25) is 0 Å². The predicted molar refractivity (Wildman–Crippen MR) is 54.8 cm³/mol. The van der Waals surface area contributed by atoms with E-state index in [0.717, 1.165) is 30.6 Å². The number of rotatable bonds is 0. The van der Waals surface area contributed by atoms with Crippen LogP contribution in [0.25, 0.3) is 0 Å². The quantitative estimate of drug-likeness (QED) is 0.552. The van der Waals surface area contributed by atoms with Gasteiger partial charge < -0.3 is 4.74 Å². The average molecular weight is 192 g/mol. The van der Waals surface area contributed by atoms with Crippen molar-refractivity contribution in [3.8, 4) is 0 Å². The van der Waals surface area contributed by atoms with Crippen molar-refractivity contribution in [2.24, 2.45) is 0 Å². The Morgan fingerprint density at radius 3 is 3.00 bits per heavy atom. The Morgan fingerprint density at radius 1 is 1.43 bits per heavy atom. The molecule has 0 N–H and O–H groups in total. The number of carbonyl (C=O) groups excluding carboxylic acids is 1. The summed E-state index contributed by atoms with van der Waals surface area (Å²) in [5.74, 6) is 1.23. The van der Waals surface area contributed by atoms with Gasteiger partial charge in [0.2, 0.25) is 0 Å². The first-order valence-corrected chi connectivity index (χ1v) is 5.27. The maximum absolute atomic E-state index is 11.6. The molecule has 76 valence electrons. The van der Waals surface area contributed by atoms with Crippen LogP contribution in [0.15, 0.2) is 23.0 Å². The van der Waals surface area contributed by atoms with Gasteiger partial charge in [0.15, 0.2) is 5.78 Å². The summed E-state index contributed by atoms with van der Waals surface area (Å²) < 4.78 is 5.79. The zero-order valence-corrected chi connectivity index (χ0v) is 8.80. The van der Waals surface area contributed by atoms with Crippen LogP contribution in [-0.4, -0.2) is 11.9 Å². The number of Topliss-reactive ketones (excluding diaryl/α,β-unsaturated/α-hetero) is 1. The fourth-order valence-electron chi connectivity index (χ4n) is 1.96. The minimum Gasteiger partial charge on any atom is -0.490 e. The smallest absolute Gasteiger partial charge is 0.162 e. The van der Waals surface area contributed by atoms with E-state index >= 15 is 0 Å². The molecule has 0 saturated carbocycles. The van der Waals surface area contributed by atoms with Gasteiger partial charge in [0.25, 0.3) is 0 Å². The Bertz CT molecular complexity index is 323. The summed E-state index contributed by atoms with van der Waals surface area (Å²) in [5, 5.41) is 0. The van der Waals surface area contributed by atoms with Crippen molar-refractivity contribution in [3.05, 3.63) is 23.0 Å². The lowest BCUT2D eigenvalue weighted by atomic mass is 9.94. The summed E-state index contributed by atoms with van der Waals surface area (Å²) in [6.45, 7) is 4.11. The first kappa shape index (κ1) is 9.50. The van der Waals surface area contributed by atoms with Crippen LogP contribution >= 0.6 is 0 Å². The summed E-state index contributed by atoms with van der Waals surface area (Å²) in [6.07, 6.45) is 5.60. The molecule has 0 fully saturated rings. The molecule has 2 nitrogen and oxygen atoms in total. The van der Waals surface area contributed by atoms with Crippen LogP contribution in [0.5, 0.6) is 0 Å². The van der Waals surface area contributed by atoms with Gasteiger partial charge in [0, 0.05) is 18.4 Å². The molecule has 0 saturated heterocycles. The molecule has 1 atom stereocenters. The van der Waals surface area contributed by atoms with Crippen molar-refractivity contribution in [2.75, 3.05) is 0 Å². The second kappa shape index (κ2) is 3.60. The molecule has 0 aromatic heterocycles. The van der Waals surface area contributed by atoms with Crippen molar-refractivity contribution in [1.29, 1.82) is 0 Å². The van der Waals surface area contributed by atoms with E-state index in [1.165, 1.54) is 5.57 Å². The van der Waals surface area contributed by atoms with Crippen LogP contribution in [0, 0.1) is 0 Å². The summed E-state index contributed by atoms with van der Waals surface area (Å²) in [7, 11) is 0. The third-order valence-electron chi connectivity index (χ3n) is 3.07. The van der Waals surface area contributed by atoms with Crippen molar-refractivity contribution in [3.63, 3.8) is 0 Å². The number of hydrogen-bond acceptors (Lipinski definition) is 2. The molecule has 1 heterocycles. The van der Waals surface area contributed by atoms with E-state index in [0.29, 0.717) is 6.42 Å². The van der Waals surface area contributed by atoms with Crippen molar-refractivity contribution >= 4 is 5.78 Å². The fourth-order valence-corrected chi connectivity index (χ4v) is 1.96. The zero-order chi connectivity index (χ0) is 10.1. The second-order valence-electron chi connectivity index (χ2n) is 4.09. The van der Waals surface area contributed by atoms with E-state index in [-0.39, 0.29) is 11.9 Å². The highest BCUT2D eigenvalue weighted by atomic mass is 16.5. The molecule has 2 rings (SSSR count). The molecule has 0 radical (unpaired) electrons. The molecular formula is C12H16O2. The van der Waals surface area contributed by atoms with Gasteiger partial charge in [-0.05, 0) is 32.3 Å². The molecule has 0 amide bonds. The van der Waals surface area contributed by atoms with Crippen molar-refractivity contribution in [1.82, 2.24) is 0 Å². The molecule has 0 bridgehead atoms. The molecule has 1 unspecified atom stereocenters. The van der Waals surface area contributed by atoms with Crippen LogP contribution in [0.3, 0.4) is 0 Å². The number of allylic oxidation sites excluding steroid dienone is 3. The molecule has 2 aliphatic rings. The highest BCUT2D eigenvalue weighted by molar-refractivity contribution is 5.96. The van der Waals surface area contributed by atoms with Gasteiger partial charge in [-0.2, -0.15) is 0 Å². The third-order valence-corrected chi connectivity index (χ3v) is 3.07. The van der Waals surface area contributed by atoms with Gasteiger partial charge >= 0.3 is 0 Å². The third kappa shape index (κ3) is 1.61. The topological polar surface area (TPSA) is 26.3 Å². The normalized spacial score (nSPS) is 27.7. The maximum Gasteiger partial charge on any atom is 0.162 e. The lowest BCUT2D eigenvalue weighted by Gasteiger charge is -2.20. The minimum absolute atomic E-state index is 0.133. The van der Waals surface area contributed by atoms with Crippen LogP contribution in [0.4, 0.5) is 0 Å². The summed E-state index contributed by atoms with van der Waals surface area (Å²) in [5.41, 5.74) is 2.15. The standard InChI is InChI=1S/C12H16O2/c1-8-6-7-10-11(13)4-3-5-12(10)14-9(8)2/h6,9H,3-5,7H2,1-2H3. The molecule has 2 heteroatoms. The lowest BCUT2D eigenvalue weighted by Crippen LogP contribution is -2.15. The molecule has 1 aliphatic heterocycles. The van der Waals surface area contributed by atoms with Crippen LogP contribution in [0.1, 0.15) is 39.5 Å². The monoisotopic (exact) mass is 192 g/mol. The zero-order valence-electron chi connectivity index (χ0n) is 8.80. The van der Waals surface area contributed by atoms with Gasteiger partial charge in [-0.25, -0.2) is 0 Å². The average Bonchev–Trinajstić information content (AvgIpc) is 2.29. The van der Waals surface area contributed by atoms with Gasteiger partial charge in [-0.3, -0.25) is 4.79 Å². The lowest BCUT2D eigenvalue weighted by molar-refractivity contribution is -0.116. The molecule has 0 spiro atoms. The van der Waals surface area contributed by atoms with E-state index in [4.69, 9.17) is 4.74 Å². The van der Waals surface area contributed by atoms with Crippen LogP contribution in [-0.2, 0) is 9.53 Å². The van der Waals surface area contributed by atoms with E-state index in [1.807, 2.05) is 6.92 Å². The molecule has 1 aliphatic carbocycles. The highest BCUT2D eigenvalue weighted by Gasteiger charge is 2.24. The number of ketones is 1. The van der Waals surface area contributed by atoms with E-state index in [9.17, 15) is 4.79 Å². The van der Waals surface area contributed by atoms with Crippen molar-refractivity contribution < 1.29 is 9.53 Å². The van der Waals surface area contributed by atoms with Gasteiger partial charge in [0.1, 0.15) is 11.9 Å². The van der Waals surface area contributed by atoms with Crippen LogP contribution < -0.4 is 0 Å². The largest absolute Gasteiger partial charge is 0.490 e. The second-order valence-corrected chi connectivity index (χ2v) is 4.09. The van der Waals surface area contributed by atoms with Crippen molar-refractivity contribution in [2.45, 2.75) is 45.6 Å². The fraction of sp³-hybridized carbons (Fsp3) is 0.583. The molecule has 14 heavy (non-hydrogen) atoms. The Balaban J connectivity index is 2.30. The summed E-state index contributed by atoms with van der Waals surface area (Å²) in [4.78, 5) is 11.6. The first-order chi connectivity index (χ1) is 6.68. The number of carbonyl (C=O) groups is 1. The Labute approximate surface area is 84.6 Å². The Kier molecular flexibility index (Phi) is 2.44. The predicted octanol–water partition coefficient (Wildman–Crippen LogP) is 2.75. The minimum atomic E-state index is 0.133. The Hall–Kier alpha value is -1.05. The molecular weight excluding hydrogens is 176 g/mol. The summed E-state index contributed by atoms with van der Waals surface area (Å²) >= 11 is 0. The Morgan fingerprint density at radius 2 is 2.21 bits per heavy atom. The highest BCUT2D eigenvalue weighted by Crippen LogP contribution is 2.30. The molecule has 0 aromatic carbocycles. The van der Waals surface area contributed by atoms with Gasteiger partial charge in [-0.15, -0.1) is 0 Å². The van der Waals surface area contributed by atoms with E-state index in [1.54, 1.807) is 0 Å². The number of ether oxygens (including phenoxy) is 1. The van der Waals surface area contributed by atoms with Gasteiger partial charge in [-0.1, -0.05) is 6.08 Å². The first-order valence-electron chi connectivity index (χ1n) is 5.27. The van der Waals surface area contributed by atoms with E-state index < -0.39 is 0 Å². The summed E-state index contributed by atoms with van der Waals surface area (Å²) in [6, 6.07) is 0.